The van der Waals surface area contributed by atoms with Crippen LogP contribution < -0.4 is 11.1 Å². The van der Waals surface area contributed by atoms with Gasteiger partial charge in [-0.25, -0.2) is 19.2 Å². The molecule has 0 aliphatic carbocycles. The van der Waals surface area contributed by atoms with Gasteiger partial charge in [0.15, 0.2) is 0 Å². The number of benzene rings is 1. The van der Waals surface area contributed by atoms with E-state index < -0.39 is 35.9 Å². The average molecular weight is 607 g/mol. The first-order chi connectivity index (χ1) is 18.4. The van der Waals surface area contributed by atoms with Crippen LogP contribution in [0.2, 0.25) is 10.0 Å². The van der Waals surface area contributed by atoms with Crippen LogP contribution in [0.1, 0.15) is 25.3 Å². The minimum absolute atomic E-state index is 0. The summed E-state index contributed by atoms with van der Waals surface area (Å²) in [5.74, 6) is -4.70. The molecular formula is C25H32Cl2N2O11. The van der Waals surface area contributed by atoms with Crippen molar-refractivity contribution in [2.24, 2.45) is 5.73 Å². The normalized spacial score (nSPS) is 15.3. The van der Waals surface area contributed by atoms with Crippen molar-refractivity contribution < 1.29 is 54.2 Å². The molecule has 1 aromatic rings. The number of carbonyl (C=O) groups is 4. The van der Waals surface area contributed by atoms with Crippen LogP contribution in [0, 0.1) is 0 Å². The summed E-state index contributed by atoms with van der Waals surface area (Å²) in [6.45, 7) is 3.40. The first-order valence-electron chi connectivity index (χ1n) is 11.4. The molecule has 0 fully saturated rings. The highest BCUT2D eigenvalue weighted by molar-refractivity contribution is 6.42. The van der Waals surface area contributed by atoms with E-state index in [0.29, 0.717) is 29.1 Å². The standard InChI is InChI=1S/C21H26Cl2N2O6.C4H4O4.H2O/c1-4-31-21(28)18-15(10-30-9-12(26)8-24)25-11(2)16(20(27)29-3)17(18)13-6-5-7-14(22)19(13)23;5-3(6)1-2-4(7)8;/h5-7,12,17,25-26H,4,8-10,24H2,1-3H3;1-2H,(H,5,6)(H,7,8);1H2. The second kappa shape index (κ2) is 18.0. The van der Waals surface area contributed by atoms with Crippen molar-refractivity contribution in [3.63, 3.8) is 0 Å². The van der Waals surface area contributed by atoms with Crippen molar-refractivity contribution in [1.82, 2.24) is 5.32 Å². The molecular weight excluding hydrogens is 575 g/mol. The number of dihydropyridines is 1. The number of rotatable bonds is 11. The number of ether oxygens (including phenoxy) is 3. The van der Waals surface area contributed by atoms with E-state index >= 15 is 0 Å². The third kappa shape index (κ3) is 10.6. The lowest BCUT2D eigenvalue weighted by molar-refractivity contribution is -0.139. The van der Waals surface area contributed by atoms with Gasteiger partial charge < -0.3 is 46.1 Å². The monoisotopic (exact) mass is 606 g/mol. The number of carboxylic acid groups (broad SMARTS) is 2. The van der Waals surface area contributed by atoms with Crippen LogP contribution in [0.5, 0.6) is 0 Å². The Bertz CT molecular complexity index is 1150. The predicted octanol–water partition coefficient (Wildman–Crippen LogP) is 1.17. The zero-order chi connectivity index (χ0) is 29.7. The maximum Gasteiger partial charge on any atom is 0.336 e. The summed E-state index contributed by atoms with van der Waals surface area (Å²) in [6, 6.07) is 4.96. The molecule has 0 bridgehead atoms. The number of nitrogens with one attached hydrogen (secondary N) is 1. The molecule has 8 N–H and O–H groups in total. The maximum atomic E-state index is 13.0. The molecule has 0 spiro atoms. The average Bonchev–Trinajstić information content (AvgIpc) is 2.88. The number of aliphatic hydroxyl groups is 1. The molecule has 1 aliphatic rings. The van der Waals surface area contributed by atoms with Gasteiger partial charge in [0, 0.05) is 24.4 Å². The number of aliphatic carboxylic acids is 2. The lowest BCUT2D eigenvalue weighted by Crippen LogP contribution is -2.35. The number of aliphatic hydroxyl groups excluding tert-OH is 1. The molecule has 2 unspecified atom stereocenters. The minimum atomic E-state index is -1.26. The molecule has 13 nitrogen and oxygen atoms in total. The summed E-state index contributed by atoms with van der Waals surface area (Å²) >= 11 is 12.7. The van der Waals surface area contributed by atoms with Crippen LogP contribution in [0.3, 0.4) is 0 Å². The summed E-state index contributed by atoms with van der Waals surface area (Å²) in [4.78, 5) is 44.8. The van der Waals surface area contributed by atoms with Crippen LogP contribution in [-0.4, -0.2) is 84.3 Å². The number of allylic oxidation sites excluding steroid dienone is 1. The third-order valence-corrected chi connectivity index (χ3v) is 5.87. The summed E-state index contributed by atoms with van der Waals surface area (Å²) in [6.07, 6.45) is 0.265. The van der Waals surface area contributed by atoms with Gasteiger partial charge >= 0.3 is 23.9 Å². The Morgan fingerprint density at radius 1 is 1.10 bits per heavy atom. The smallest absolute Gasteiger partial charge is 0.336 e. The van der Waals surface area contributed by atoms with E-state index in [-0.39, 0.29) is 53.0 Å². The van der Waals surface area contributed by atoms with Gasteiger partial charge in [0.2, 0.25) is 0 Å². The Kier molecular flexibility index (Phi) is 16.4. The zero-order valence-corrected chi connectivity index (χ0v) is 23.4. The van der Waals surface area contributed by atoms with Crippen LogP contribution in [0.15, 0.2) is 52.9 Å². The summed E-state index contributed by atoms with van der Waals surface area (Å²) in [5.41, 5.74) is 7.01. The highest BCUT2D eigenvalue weighted by Gasteiger charge is 2.40. The lowest BCUT2D eigenvalue weighted by Gasteiger charge is -2.32. The molecule has 0 radical (unpaired) electrons. The third-order valence-electron chi connectivity index (χ3n) is 5.04. The van der Waals surface area contributed by atoms with E-state index in [0.717, 1.165) is 0 Å². The van der Waals surface area contributed by atoms with E-state index in [4.69, 9.17) is 53.4 Å². The van der Waals surface area contributed by atoms with E-state index in [9.17, 15) is 24.3 Å². The van der Waals surface area contributed by atoms with Crippen molar-refractivity contribution in [3.05, 3.63) is 68.5 Å². The Morgan fingerprint density at radius 2 is 1.70 bits per heavy atom. The molecule has 1 aromatic carbocycles. The Balaban J connectivity index is 0.00000147. The second-order valence-electron chi connectivity index (χ2n) is 7.76. The first kappa shape index (κ1) is 36.5. The molecule has 40 heavy (non-hydrogen) atoms. The van der Waals surface area contributed by atoms with Gasteiger partial charge in [0.25, 0.3) is 0 Å². The van der Waals surface area contributed by atoms with Crippen LogP contribution in [0.4, 0.5) is 0 Å². The SMILES string of the molecule is CCOC(=O)C1=C(COCC(O)CN)NC(C)=C(C(=O)OC)C1c1cccc(Cl)c1Cl.O.O=C(O)C=CC(=O)O. The number of hydrogen-bond donors (Lipinski definition) is 5. The number of methoxy groups -OCH3 is 1. The van der Waals surface area contributed by atoms with Crippen LogP contribution >= 0.6 is 23.2 Å². The quantitative estimate of drug-likeness (QED) is 0.176. The van der Waals surface area contributed by atoms with Crippen molar-refractivity contribution in [2.45, 2.75) is 25.9 Å². The molecule has 0 saturated heterocycles. The zero-order valence-electron chi connectivity index (χ0n) is 21.9. The highest BCUT2D eigenvalue weighted by atomic mass is 35.5. The summed E-state index contributed by atoms with van der Waals surface area (Å²) in [7, 11) is 1.25. The number of carbonyl (C=O) groups excluding carboxylic acids is 2. The molecule has 1 aliphatic heterocycles. The molecule has 1 heterocycles. The molecule has 2 atom stereocenters. The number of esters is 2. The number of nitrogens with two attached hydrogens (primary N) is 1. The molecule has 222 valence electrons. The minimum Gasteiger partial charge on any atom is -0.478 e. The van der Waals surface area contributed by atoms with Gasteiger partial charge in [-0.3, -0.25) is 0 Å². The number of carboxylic acids is 2. The predicted molar refractivity (Wildman–Crippen MR) is 145 cm³/mol. The fourth-order valence-electron chi connectivity index (χ4n) is 3.40. The van der Waals surface area contributed by atoms with Gasteiger partial charge in [-0.05, 0) is 25.5 Å². The second-order valence-corrected chi connectivity index (χ2v) is 8.54. The summed E-state index contributed by atoms with van der Waals surface area (Å²) < 4.78 is 15.8. The van der Waals surface area contributed by atoms with Gasteiger partial charge in [0.05, 0.1) is 65.8 Å². The molecule has 2 rings (SSSR count). The Hall–Kier alpha value is -3.46. The molecule has 0 aromatic heterocycles. The first-order valence-corrected chi connectivity index (χ1v) is 12.1. The van der Waals surface area contributed by atoms with Gasteiger partial charge in [-0.15, -0.1) is 0 Å². The van der Waals surface area contributed by atoms with Crippen LogP contribution in [-0.2, 0) is 33.4 Å². The fraction of sp³-hybridized carbons (Fsp3) is 0.360. The van der Waals surface area contributed by atoms with E-state index in [1.165, 1.54) is 7.11 Å². The summed E-state index contributed by atoms with van der Waals surface area (Å²) in [5, 5.41) is 28.8. The van der Waals surface area contributed by atoms with Crippen molar-refractivity contribution in [2.75, 3.05) is 33.5 Å². The Morgan fingerprint density at radius 3 is 2.20 bits per heavy atom. The van der Waals surface area contributed by atoms with Crippen molar-refractivity contribution in [3.8, 4) is 0 Å². The largest absolute Gasteiger partial charge is 0.478 e. The maximum absolute atomic E-state index is 13.0. The van der Waals surface area contributed by atoms with E-state index in [1.807, 2.05) is 0 Å². The Labute approximate surface area is 240 Å². The lowest BCUT2D eigenvalue weighted by atomic mass is 9.80. The van der Waals surface area contributed by atoms with E-state index in [2.05, 4.69) is 5.32 Å². The van der Waals surface area contributed by atoms with Crippen molar-refractivity contribution in [1.29, 1.82) is 0 Å². The van der Waals surface area contributed by atoms with Gasteiger partial charge in [-0.2, -0.15) is 0 Å². The molecule has 0 amide bonds. The van der Waals surface area contributed by atoms with Crippen molar-refractivity contribution >= 4 is 47.1 Å². The van der Waals surface area contributed by atoms with Gasteiger partial charge in [0.1, 0.15) is 0 Å². The molecule has 0 saturated carbocycles. The fourth-order valence-corrected chi connectivity index (χ4v) is 3.82. The topological polar surface area (TPSA) is 226 Å². The molecule has 15 heteroatoms. The number of halogens is 2. The highest BCUT2D eigenvalue weighted by Crippen LogP contribution is 2.43. The number of hydrogen-bond acceptors (Lipinski definition) is 10. The van der Waals surface area contributed by atoms with E-state index in [1.54, 1.807) is 32.0 Å². The van der Waals surface area contributed by atoms with Crippen LogP contribution in [0.25, 0.3) is 0 Å². The van der Waals surface area contributed by atoms with Gasteiger partial charge in [-0.1, -0.05) is 35.3 Å².